The largest absolute Gasteiger partial charge is 0.295 e. The minimum absolute atomic E-state index is 0.138. The number of benzene rings is 1. The van der Waals surface area contributed by atoms with Crippen molar-refractivity contribution in [1.29, 1.82) is 0 Å². The quantitative estimate of drug-likeness (QED) is 0.709. The van der Waals surface area contributed by atoms with Gasteiger partial charge >= 0.3 is 0 Å². The second-order valence-corrected chi connectivity index (χ2v) is 3.63. The van der Waals surface area contributed by atoms with Gasteiger partial charge in [0.15, 0.2) is 5.78 Å². The van der Waals surface area contributed by atoms with Crippen LogP contribution in [0, 0.1) is 0 Å². The van der Waals surface area contributed by atoms with Crippen LogP contribution in [0.15, 0.2) is 22.7 Å². The van der Waals surface area contributed by atoms with Gasteiger partial charge in [0.05, 0.1) is 0 Å². The fourth-order valence-corrected chi connectivity index (χ4v) is 1.61. The van der Waals surface area contributed by atoms with E-state index in [9.17, 15) is 4.79 Å². The molecule has 2 heteroatoms. The molecule has 0 fully saturated rings. The summed E-state index contributed by atoms with van der Waals surface area (Å²) >= 11 is 3.37. The topological polar surface area (TPSA) is 17.1 Å². The molecule has 1 aromatic rings. The molecule has 64 valence electrons. The second kappa shape index (κ2) is 3.85. The Morgan fingerprint density at radius 1 is 1.50 bits per heavy atom. The van der Waals surface area contributed by atoms with Crippen molar-refractivity contribution in [3.63, 3.8) is 0 Å². The van der Waals surface area contributed by atoms with Crippen LogP contribution in [0.3, 0.4) is 0 Å². The molecule has 0 N–H and O–H groups in total. The molecule has 12 heavy (non-hydrogen) atoms. The standard InChI is InChI=1S/C10H11BrO/c1-3-8-6-9(11)4-5-10(8)7(2)12/h4-6H,3H2,1-2H3. The number of Topliss-reactive ketones (excluding diaryl/α,β-unsaturated/α-hetero) is 1. The van der Waals surface area contributed by atoms with Gasteiger partial charge < -0.3 is 0 Å². The van der Waals surface area contributed by atoms with E-state index >= 15 is 0 Å². The van der Waals surface area contributed by atoms with Crippen molar-refractivity contribution in [2.75, 3.05) is 0 Å². The van der Waals surface area contributed by atoms with Crippen molar-refractivity contribution in [1.82, 2.24) is 0 Å². The van der Waals surface area contributed by atoms with Gasteiger partial charge in [-0.05, 0) is 31.0 Å². The van der Waals surface area contributed by atoms with E-state index in [-0.39, 0.29) is 5.78 Å². The van der Waals surface area contributed by atoms with Crippen molar-refractivity contribution < 1.29 is 4.79 Å². The molecule has 0 bridgehead atoms. The van der Waals surface area contributed by atoms with Crippen LogP contribution in [0.25, 0.3) is 0 Å². The molecule has 0 unspecified atom stereocenters. The fourth-order valence-electron chi connectivity index (χ4n) is 1.20. The Kier molecular flexibility index (Phi) is 3.04. The molecule has 0 aliphatic carbocycles. The van der Waals surface area contributed by atoms with Gasteiger partial charge in [-0.25, -0.2) is 0 Å². The molecule has 0 spiro atoms. The summed E-state index contributed by atoms with van der Waals surface area (Å²) in [6.07, 6.45) is 0.897. The lowest BCUT2D eigenvalue weighted by Gasteiger charge is -2.03. The van der Waals surface area contributed by atoms with Gasteiger partial charge in [-0.2, -0.15) is 0 Å². The number of carbonyl (C=O) groups is 1. The van der Waals surface area contributed by atoms with Gasteiger partial charge in [-0.3, -0.25) is 4.79 Å². The minimum Gasteiger partial charge on any atom is -0.295 e. The van der Waals surface area contributed by atoms with Crippen LogP contribution in [-0.2, 0) is 6.42 Å². The Labute approximate surface area is 80.9 Å². The van der Waals surface area contributed by atoms with E-state index in [0.29, 0.717) is 0 Å². The van der Waals surface area contributed by atoms with E-state index in [2.05, 4.69) is 15.9 Å². The Morgan fingerprint density at radius 3 is 2.67 bits per heavy atom. The van der Waals surface area contributed by atoms with E-state index < -0.39 is 0 Å². The maximum Gasteiger partial charge on any atom is 0.160 e. The number of rotatable bonds is 2. The summed E-state index contributed by atoms with van der Waals surface area (Å²) < 4.78 is 1.03. The summed E-state index contributed by atoms with van der Waals surface area (Å²) in [4.78, 5) is 11.1. The average molecular weight is 227 g/mol. The number of carbonyl (C=O) groups excluding carboxylic acids is 1. The smallest absolute Gasteiger partial charge is 0.160 e. The molecule has 0 saturated heterocycles. The molecular weight excluding hydrogens is 216 g/mol. The first-order valence-corrected chi connectivity index (χ1v) is 4.73. The van der Waals surface area contributed by atoms with Crippen LogP contribution in [0.5, 0.6) is 0 Å². The Morgan fingerprint density at radius 2 is 2.17 bits per heavy atom. The van der Waals surface area contributed by atoms with Crippen LogP contribution >= 0.6 is 15.9 Å². The summed E-state index contributed by atoms with van der Waals surface area (Å²) in [6, 6.07) is 5.76. The number of halogens is 1. The molecule has 0 heterocycles. The zero-order chi connectivity index (χ0) is 9.14. The van der Waals surface area contributed by atoms with E-state index in [1.807, 2.05) is 25.1 Å². The molecule has 0 aromatic heterocycles. The molecule has 0 atom stereocenters. The number of hydrogen-bond donors (Lipinski definition) is 0. The van der Waals surface area contributed by atoms with E-state index in [0.717, 1.165) is 22.0 Å². The van der Waals surface area contributed by atoms with Crippen LogP contribution in [0.1, 0.15) is 29.8 Å². The van der Waals surface area contributed by atoms with Gasteiger partial charge in [0, 0.05) is 10.0 Å². The first-order valence-electron chi connectivity index (χ1n) is 3.94. The molecule has 1 aromatic carbocycles. The fraction of sp³-hybridized carbons (Fsp3) is 0.300. The highest BCUT2D eigenvalue weighted by Crippen LogP contribution is 2.17. The van der Waals surface area contributed by atoms with Gasteiger partial charge in [-0.15, -0.1) is 0 Å². The predicted molar refractivity (Wildman–Crippen MR) is 53.5 cm³/mol. The summed E-state index contributed by atoms with van der Waals surface area (Å²) in [6.45, 7) is 3.65. The summed E-state index contributed by atoms with van der Waals surface area (Å²) in [5, 5.41) is 0. The summed E-state index contributed by atoms with van der Waals surface area (Å²) in [5.74, 6) is 0.138. The zero-order valence-electron chi connectivity index (χ0n) is 7.23. The predicted octanol–water partition coefficient (Wildman–Crippen LogP) is 3.21. The lowest BCUT2D eigenvalue weighted by molar-refractivity contribution is 0.101. The van der Waals surface area contributed by atoms with E-state index in [4.69, 9.17) is 0 Å². The molecule has 0 aliphatic heterocycles. The molecule has 0 radical (unpaired) electrons. The third-order valence-corrected chi connectivity index (χ3v) is 2.32. The molecule has 1 rings (SSSR count). The number of aryl methyl sites for hydroxylation is 1. The monoisotopic (exact) mass is 226 g/mol. The van der Waals surface area contributed by atoms with Gasteiger partial charge in [0.1, 0.15) is 0 Å². The Hall–Kier alpha value is -0.630. The van der Waals surface area contributed by atoms with Gasteiger partial charge in [0.25, 0.3) is 0 Å². The first kappa shape index (κ1) is 9.46. The van der Waals surface area contributed by atoms with Crippen molar-refractivity contribution in [2.45, 2.75) is 20.3 Å². The van der Waals surface area contributed by atoms with Crippen molar-refractivity contribution in [3.8, 4) is 0 Å². The lowest BCUT2D eigenvalue weighted by Crippen LogP contribution is -1.97. The van der Waals surface area contributed by atoms with Crippen LogP contribution in [-0.4, -0.2) is 5.78 Å². The molecule has 1 nitrogen and oxygen atoms in total. The van der Waals surface area contributed by atoms with Gasteiger partial charge in [0.2, 0.25) is 0 Å². The molecule has 0 saturated carbocycles. The Balaban J connectivity index is 3.20. The maximum absolute atomic E-state index is 11.1. The summed E-state index contributed by atoms with van der Waals surface area (Å²) in [5.41, 5.74) is 1.94. The van der Waals surface area contributed by atoms with Gasteiger partial charge in [-0.1, -0.05) is 28.9 Å². The van der Waals surface area contributed by atoms with E-state index in [1.165, 1.54) is 0 Å². The maximum atomic E-state index is 11.1. The number of ketones is 1. The molecule has 0 aliphatic rings. The normalized spacial score (nSPS) is 9.92. The third-order valence-electron chi connectivity index (χ3n) is 1.83. The van der Waals surface area contributed by atoms with Crippen LogP contribution < -0.4 is 0 Å². The highest BCUT2D eigenvalue weighted by Gasteiger charge is 2.04. The third kappa shape index (κ3) is 1.95. The number of hydrogen-bond acceptors (Lipinski definition) is 1. The zero-order valence-corrected chi connectivity index (χ0v) is 8.81. The second-order valence-electron chi connectivity index (χ2n) is 2.71. The lowest BCUT2D eigenvalue weighted by atomic mass is 10.0. The highest BCUT2D eigenvalue weighted by atomic mass is 79.9. The van der Waals surface area contributed by atoms with Crippen molar-refractivity contribution in [2.24, 2.45) is 0 Å². The molecular formula is C10H11BrO. The SMILES string of the molecule is CCc1cc(Br)ccc1C(C)=O. The minimum atomic E-state index is 0.138. The van der Waals surface area contributed by atoms with E-state index in [1.54, 1.807) is 6.92 Å². The van der Waals surface area contributed by atoms with Crippen molar-refractivity contribution >= 4 is 21.7 Å². The highest BCUT2D eigenvalue weighted by molar-refractivity contribution is 9.10. The van der Waals surface area contributed by atoms with Crippen molar-refractivity contribution in [3.05, 3.63) is 33.8 Å². The van der Waals surface area contributed by atoms with Crippen LogP contribution in [0.2, 0.25) is 0 Å². The average Bonchev–Trinajstić information content (AvgIpc) is 2.03. The first-order chi connectivity index (χ1) is 5.65. The van der Waals surface area contributed by atoms with Crippen LogP contribution in [0.4, 0.5) is 0 Å². The molecule has 0 amide bonds. The Bertz CT molecular complexity index is 305. The summed E-state index contributed by atoms with van der Waals surface area (Å²) in [7, 11) is 0.